The Morgan fingerprint density at radius 3 is 2.58 bits per heavy atom. The summed E-state index contributed by atoms with van der Waals surface area (Å²) in [5.74, 6) is 0.529. The fourth-order valence-electron chi connectivity index (χ4n) is 1.86. The Labute approximate surface area is 120 Å². The summed E-state index contributed by atoms with van der Waals surface area (Å²) < 4.78 is 0. The predicted octanol–water partition coefficient (Wildman–Crippen LogP) is 3.99. The number of carbonyl (C=O) groups is 1. The van der Waals surface area contributed by atoms with Gasteiger partial charge in [-0.2, -0.15) is 0 Å². The highest BCUT2D eigenvalue weighted by Crippen LogP contribution is 2.23. The van der Waals surface area contributed by atoms with Crippen LogP contribution in [0.1, 0.15) is 50.4 Å². The van der Waals surface area contributed by atoms with Crippen LogP contribution in [0.5, 0.6) is 5.75 Å². The van der Waals surface area contributed by atoms with Crippen molar-refractivity contribution >= 4 is 17.5 Å². The topological polar surface area (TPSA) is 49.3 Å². The van der Waals surface area contributed by atoms with Crippen LogP contribution < -0.4 is 5.32 Å². The second-order valence-corrected chi connectivity index (χ2v) is 5.77. The van der Waals surface area contributed by atoms with Crippen LogP contribution in [0.25, 0.3) is 0 Å². The predicted molar refractivity (Wildman–Crippen MR) is 78.7 cm³/mol. The van der Waals surface area contributed by atoms with E-state index in [4.69, 9.17) is 11.6 Å². The maximum atomic E-state index is 12.0. The quantitative estimate of drug-likeness (QED) is 0.829. The van der Waals surface area contributed by atoms with E-state index < -0.39 is 0 Å². The summed E-state index contributed by atoms with van der Waals surface area (Å²) in [6.45, 7) is 6.39. The Morgan fingerprint density at radius 2 is 2.00 bits per heavy atom. The van der Waals surface area contributed by atoms with E-state index in [1.807, 2.05) is 6.92 Å². The molecule has 0 radical (unpaired) electrons. The van der Waals surface area contributed by atoms with Crippen molar-refractivity contribution in [2.75, 3.05) is 0 Å². The van der Waals surface area contributed by atoms with Crippen LogP contribution in [0.4, 0.5) is 0 Å². The number of hydrogen-bond acceptors (Lipinski definition) is 2. The Bertz CT molecular complexity index is 432. The van der Waals surface area contributed by atoms with Gasteiger partial charge in [0.25, 0.3) is 5.91 Å². The summed E-state index contributed by atoms with van der Waals surface area (Å²) in [7, 11) is 0. The maximum absolute atomic E-state index is 12.0. The molecule has 0 aliphatic rings. The number of aromatic hydroxyl groups is 1. The van der Waals surface area contributed by atoms with Gasteiger partial charge in [-0.05, 0) is 37.5 Å². The Morgan fingerprint density at radius 1 is 1.32 bits per heavy atom. The van der Waals surface area contributed by atoms with Gasteiger partial charge in [0.15, 0.2) is 0 Å². The van der Waals surface area contributed by atoms with E-state index in [9.17, 15) is 9.90 Å². The molecule has 0 spiro atoms. The molecule has 1 aromatic rings. The second kappa shape index (κ2) is 7.39. The van der Waals surface area contributed by atoms with Gasteiger partial charge >= 0.3 is 0 Å². The van der Waals surface area contributed by atoms with E-state index in [-0.39, 0.29) is 22.7 Å². The molecule has 1 atom stereocenters. The summed E-state index contributed by atoms with van der Waals surface area (Å²) in [4.78, 5) is 12.0. The monoisotopic (exact) mass is 283 g/mol. The number of carbonyl (C=O) groups excluding carboxylic acids is 1. The zero-order valence-electron chi connectivity index (χ0n) is 11.7. The van der Waals surface area contributed by atoms with Crippen LogP contribution in [-0.2, 0) is 0 Å². The molecule has 106 valence electrons. The minimum Gasteiger partial charge on any atom is -0.506 e. The molecule has 0 aliphatic carbocycles. The Balaban J connectivity index is 2.47. The zero-order valence-corrected chi connectivity index (χ0v) is 12.5. The third-order valence-corrected chi connectivity index (χ3v) is 3.31. The van der Waals surface area contributed by atoms with Crippen molar-refractivity contribution < 1.29 is 9.90 Å². The summed E-state index contributed by atoms with van der Waals surface area (Å²) in [6, 6.07) is 4.62. The molecule has 0 aromatic heterocycles. The lowest BCUT2D eigenvalue weighted by atomic mass is 10.0. The van der Waals surface area contributed by atoms with Crippen molar-refractivity contribution in [3.63, 3.8) is 0 Å². The first-order valence-electron chi connectivity index (χ1n) is 6.69. The van der Waals surface area contributed by atoms with Crippen molar-refractivity contribution in [3.05, 3.63) is 28.8 Å². The standard InChI is InChI=1S/C15H22ClNO2/c1-10(2)5-4-6-11(3)17-15(19)12-7-8-14(18)13(16)9-12/h7-11,18H,4-6H2,1-3H3,(H,17,19). The number of nitrogens with one attached hydrogen (secondary N) is 1. The van der Waals surface area contributed by atoms with Crippen LogP contribution in [0.3, 0.4) is 0 Å². The van der Waals surface area contributed by atoms with Gasteiger partial charge < -0.3 is 10.4 Å². The smallest absolute Gasteiger partial charge is 0.251 e. The summed E-state index contributed by atoms with van der Waals surface area (Å²) in [5.41, 5.74) is 0.471. The molecule has 4 heteroatoms. The molecule has 0 saturated carbocycles. The van der Waals surface area contributed by atoms with Crippen LogP contribution >= 0.6 is 11.6 Å². The van der Waals surface area contributed by atoms with Gasteiger partial charge in [0.05, 0.1) is 5.02 Å². The zero-order chi connectivity index (χ0) is 14.4. The minimum absolute atomic E-state index is 0.0109. The first-order valence-corrected chi connectivity index (χ1v) is 7.07. The highest BCUT2D eigenvalue weighted by Gasteiger charge is 2.11. The van der Waals surface area contributed by atoms with E-state index in [1.54, 1.807) is 6.07 Å². The van der Waals surface area contributed by atoms with Gasteiger partial charge in [0, 0.05) is 11.6 Å². The van der Waals surface area contributed by atoms with E-state index in [1.165, 1.54) is 18.6 Å². The fourth-order valence-corrected chi connectivity index (χ4v) is 2.04. The van der Waals surface area contributed by atoms with Crippen LogP contribution in [0.15, 0.2) is 18.2 Å². The van der Waals surface area contributed by atoms with Gasteiger partial charge in [-0.1, -0.05) is 38.3 Å². The summed E-state index contributed by atoms with van der Waals surface area (Å²) >= 11 is 5.78. The van der Waals surface area contributed by atoms with Crippen molar-refractivity contribution in [2.45, 2.75) is 46.1 Å². The van der Waals surface area contributed by atoms with Crippen molar-refractivity contribution in [3.8, 4) is 5.75 Å². The van der Waals surface area contributed by atoms with Gasteiger partial charge in [0.2, 0.25) is 0 Å². The average molecular weight is 284 g/mol. The number of phenolic OH excluding ortho intramolecular Hbond substituents is 1. The second-order valence-electron chi connectivity index (χ2n) is 5.37. The summed E-state index contributed by atoms with van der Waals surface area (Å²) in [6.07, 6.45) is 3.25. The highest BCUT2D eigenvalue weighted by atomic mass is 35.5. The van der Waals surface area contributed by atoms with Crippen molar-refractivity contribution in [2.24, 2.45) is 5.92 Å². The number of amides is 1. The Kier molecular flexibility index (Phi) is 6.16. The van der Waals surface area contributed by atoms with E-state index >= 15 is 0 Å². The third-order valence-electron chi connectivity index (χ3n) is 3.01. The van der Waals surface area contributed by atoms with E-state index in [2.05, 4.69) is 19.2 Å². The molecule has 1 unspecified atom stereocenters. The lowest BCUT2D eigenvalue weighted by Gasteiger charge is -2.14. The number of halogens is 1. The first kappa shape index (κ1) is 15.8. The van der Waals surface area contributed by atoms with E-state index in [0.717, 1.165) is 12.8 Å². The fraction of sp³-hybridized carbons (Fsp3) is 0.533. The number of benzene rings is 1. The lowest BCUT2D eigenvalue weighted by molar-refractivity contribution is 0.0938. The number of rotatable bonds is 6. The normalized spacial score (nSPS) is 12.5. The SMILES string of the molecule is CC(C)CCCC(C)NC(=O)c1ccc(O)c(Cl)c1. The molecule has 1 amide bonds. The molecule has 0 saturated heterocycles. The Hall–Kier alpha value is -1.22. The average Bonchev–Trinajstić information content (AvgIpc) is 2.32. The molecule has 0 aliphatic heterocycles. The molecule has 1 aromatic carbocycles. The van der Waals surface area contributed by atoms with Gasteiger partial charge in [-0.3, -0.25) is 4.79 Å². The molecule has 0 fully saturated rings. The molecule has 0 bridgehead atoms. The van der Waals surface area contributed by atoms with Gasteiger partial charge in [-0.15, -0.1) is 0 Å². The van der Waals surface area contributed by atoms with E-state index in [0.29, 0.717) is 11.5 Å². The maximum Gasteiger partial charge on any atom is 0.251 e. The largest absolute Gasteiger partial charge is 0.506 e. The highest BCUT2D eigenvalue weighted by molar-refractivity contribution is 6.32. The van der Waals surface area contributed by atoms with Crippen LogP contribution in [0.2, 0.25) is 5.02 Å². The first-order chi connectivity index (χ1) is 8.90. The molecule has 19 heavy (non-hydrogen) atoms. The number of hydrogen-bond donors (Lipinski definition) is 2. The molecule has 1 rings (SSSR count). The lowest BCUT2D eigenvalue weighted by Crippen LogP contribution is -2.32. The molecular formula is C15H22ClNO2. The summed E-state index contributed by atoms with van der Waals surface area (Å²) in [5, 5.41) is 12.4. The van der Waals surface area contributed by atoms with Crippen LogP contribution in [0, 0.1) is 5.92 Å². The molecular weight excluding hydrogens is 262 g/mol. The van der Waals surface area contributed by atoms with Crippen molar-refractivity contribution in [1.82, 2.24) is 5.32 Å². The molecule has 2 N–H and O–H groups in total. The van der Waals surface area contributed by atoms with Crippen molar-refractivity contribution in [1.29, 1.82) is 0 Å². The minimum atomic E-state index is -0.154. The molecule has 3 nitrogen and oxygen atoms in total. The van der Waals surface area contributed by atoms with Gasteiger partial charge in [0.1, 0.15) is 5.75 Å². The van der Waals surface area contributed by atoms with Gasteiger partial charge in [-0.25, -0.2) is 0 Å². The molecule has 0 heterocycles. The number of phenols is 1. The van der Waals surface area contributed by atoms with Crippen LogP contribution in [-0.4, -0.2) is 17.1 Å². The third kappa shape index (κ3) is 5.52.